The lowest BCUT2D eigenvalue weighted by atomic mass is 10.3. The molecule has 0 bridgehead atoms. The molecule has 0 fully saturated rings. The minimum absolute atomic E-state index is 0.0997. The second kappa shape index (κ2) is 17.0. The van der Waals surface area contributed by atoms with Crippen molar-refractivity contribution in [2.24, 2.45) is 0 Å². The summed E-state index contributed by atoms with van der Waals surface area (Å²) in [7, 11) is -3.12. The molecule has 14 heteroatoms. The maximum absolute atomic E-state index is 12.1. The standard InChI is InChI=1S/C16H30N2O4S.C2H3F3O3S/c1-4-6-14(19)17(3)9-10-18(15(20)7-5-2)11-13-23-12-8-16(21)22;1-8-9(6,7)2(3,4)5/h4-13H2,1-3H3,(H,21,22);1H3. The van der Waals surface area contributed by atoms with Crippen LogP contribution in [-0.4, -0.2) is 91.9 Å². The second-order valence-electron chi connectivity index (χ2n) is 6.52. The molecule has 0 aliphatic rings. The van der Waals surface area contributed by atoms with E-state index >= 15 is 0 Å². The minimum Gasteiger partial charge on any atom is -0.481 e. The number of aliphatic carboxylic acids is 1. The zero-order valence-corrected chi connectivity index (χ0v) is 20.4. The van der Waals surface area contributed by atoms with Gasteiger partial charge >= 0.3 is 21.6 Å². The highest BCUT2D eigenvalue weighted by molar-refractivity contribution is 7.99. The summed E-state index contributed by atoms with van der Waals surface area (Å²) in [4.78, 5) is 37.8. The van der Waals surface area contributed by atoms with Crippen LogP contribution in [0.4, 0.5) is 13.2 Å². The molecule has 0 aromatic carbocycles. The zero-order chi connectivity index (χ0) is 25.4. The van der Waals surface area contributed by atoms with E-state index in [9.17, 15) is 36.0 Å². The summed E-state index contributed by atoms with van der Waals surface area (Å²) < 4.78 is 55.9. The molecule has 0 rings (SSSR count). The average molecular weight is 511 g/mol. The van der Waals surface area contributed by atoms with Crippen LogP contribution >= 0.6 is 11.8 Å². The summed E-state index contributed by atoms with van der Waals surface area (Å²) in [6.07, 6.45) is 2.80. The molecule has 0 aliphatic carbocycles. The van der Waals surface area contributed by atoms with Gasteiger partial charge in [0, 0.05) is 51.0 Å². The van der Waals surface area contributed by atoms with Crippen molar-refractivity contribution in [3.8, 4) is 0 Å². The molecule has 0 aromatic heterocycles. The van der Waals surface area contributed by atoms with E-state index in [0.717, 1.165) is 18.6 Å². The molecule has 2 amide bonds. The molecule has 0 aromatic rings. The van der Waals surface area contributed by atoms with Gasteiger partial charge in [-0.1, -0.05) is 13.8 Å². The number of thioether (sulfide) groups is 1. The van der Waals surface area contributed by atoms with Crippen molar-refractivity contribution in [3.05, 3.63) is 0 Å². The van der Waals surface area contributed by atoms with Gasteiger partial charge in [-0.15, -0.1) is 0 Å². The lowest BCUT2D eigenvalue weighted by molar-refractivity contribution is -0.136. The van der Waals surface area contributed by atoms with Crippen LogP contribution in [-0.2, 0) is 28.7 Å². The molecular formula is C18H33F3N2O7S2. The molecule has 0 unspecified atom stereocenters. The number of rotatable bonds is 14. The summed E-state index contributed by atoms with van der Waals surface area (Å²) in [6, 6.07) is 0. The van der Waals surface area contributed by atoms with Crippen LogP contribution in [0, 0.1) is 0 Å². The quantitative estimate of drug-likeness (QED) is 0.215. The third-order valence-corrected chi connectivity index (χ3v) is 5.85. The van der Waals surface area contributed by atoms with Crippen molar-refractivity contribution in [3.63, 3.8) is 0 Å². The van der Waals surface area contributed by atoms with Crippen molar-refractivity contribution in [1.29, 1.82) is 0 Å². The first-order valence-corrected chi connectivity index (χ1v) is 12.5. The average Bonchev–Trinajstić information content (AvgIpc) is 2.69. The van der Waals surface area contributed by atoms with Crippen LogP contribution in [0.15, 0.2) is 0 Å². The second-order valence-corrected chi connectivity index (χ2v) is 9.45. The molecule has 0 radical (unpaired) electrons. The zero-order valence-electron chi connectivity index (χ0n) is 18.8. The van der Waals surface area contributed by atoms with Crippen molar-refractivity contribution >= 4 is 39.7 Å². The van der Waals surface area contributed by atoms with E-state index in [4.69, 9.17) is 5.11 Å². The number of nitrogens with zero attached hydrogens (tertiary/aromatic N) is 2. The molecule has 0 atom stereocenters. The third-order valence-electron chi connectivity index (χ3n) is 3.88. The van der Waals surface area contributed by atoms with E-state index in [-0.39, 0.29) is 18.2 Å². The smallest absolute Gasteiger partial charge is 0.481 e. The van der Waals surface area contributed by atoms with Gasteiger partial charge in [0.05, 0.1) is 13.5 Å². The fourth-order valence-electron chi connectivity index (χ4n) is 2.06. The monoisotopic (exact) mass is 510 g/mol. The van der Waals surface area contributed by atoms with Gasteiger partial charge in [0.15, 0.2) is 0 Å². The van der Waals surface area contributed by atoms with Crippen LogP contribution in [0.3, 0.4) is 0 Å². The van der Waals surface area contributed by atoms with Gasteiger partial charge in [-0.25, -0.2) is 0 Å². The maximum Gasteiger partial charge on any atom is 0.523 e. The van der Waals surface area contributed by atoms with E-state index in [1.807, 2.05) is 13.8 Å². The van der Waals surface area contributed by atoms with Crippen LogP contribution in [0.25, 0.3) is 0 Å². The molecule has 1 N–H and O–H groups in total. The predicted molar refractivity (Wildman–Crippen MR) is 116 cm³/mol. The molecule has 0 spiro atoms. The summed E-state index contributed by atoms with van der Waals surface area (Å²) in [5.74, 6) is 0.677. The minimum atomic E-state index is -5.34. The number of amides is 2. The Balaban J connectivity index is 0. The third kappa shape index (κ3) is 15.3. The molecular weight excluding hydrogens is 477 g/mol. The molecule has 0 saturated heterocycles. The first kappa shape index (κ1) is 32.6. The number of carbonyl (C=O) groups is 3. The van der Waals surface area contributed by atoms with Crippen LogP contribution in [0.2, 0.25) is 0 Å². The number of likely N-dealkylation sites (N-methyl/N-ethyl adjacent to an activating group) is 1. The highest BCUT2D eigenvalue weighted by Crippen LogP contribution is 2.23. The topological polar surface area (TPSA) is 121 Å². The SMILES string of the molecule is CCCC(=O)N(C)CCN(CCSCCC(=O)O)C(=O)CCC.COS(=O)(=O)C(F)(F)F. The highest BCUT2D eigenvalue weighted by atomic mass is 32.2. The lowest BCUT2D eigenvalue weighted by Crippen LogP contribution is -2.40. The summed E-state index contributed by atoms with van der Waals surface area (Å²) in [6.45, 7) is 5.60. The first-order valence-electron chi connectivity index (χ1n) is 9.91. The van der Waals surface area contributed by atoms with Crippen molar-refractivity contribution < 1.29 is 45.3 Å². The largest absolute Gasteiger partial charge is 0.523 e. The van der Waals surface area contributed by atoms with Gasteiger partial charge in [0.2, 0.25) is 11.8 Å². The Morgan fingerprint density at radius 3 is 1.88 bits per heavy atom. The van der Waals surface area contributed by atoms with E-state index in [0.29, 0.717) is 45.3 Å². The molecule has 190 valence electrons. The van der Waals surface area contributed by atoms with Gasteiger partial charge in [-0.05, 0) is 12.8 Å². The summed E-state index contributed by atoms with van der Waals surface area (Å²) in [5, 5.41) is 8.61. The Morgan fingerprint density at radius 1 is 0.938 bits per heavy atom. The summed E-state index contributed by atoms with van der Waals surface area (Å²) >= 11 is 1.54. The van der Waals surface area contributed by atoms with Crippen molar-refractivity contribution in [2.45, 2.75) is 51.5 Å². The van der Waals surface area contributed by atoms with Crippen molar-refractivity contribution in [2.75, 3.05) is 45.3 Å². The number of carboxylic acid groups (broad SMARTS) is 1. The molecule has 0 heterocycles. The first-order chi connectivity index (χ1) is 14.7. The molecule has 0 saturated carbocycles. The van der Waals surface area contributed by atoms with Gasteiger partial charge in [-0.2, -0.15) is 33.4 Å². The van der Waals surface area contributed by atoms with Gasteiger partial charge in [0.25, 0.3) is 0 Å². The number of carboxylic acids is 1. The lowest BCUT2D eigenvalue weighted by Gasteiger charge is -2.26. The Labute approximate surface area is 191 Å². The molecule has 32 heavy (non-hydrogen) atoms. The van der Waals surface area contributed by atoms with E-state index in [1.165, 1.54) is 11.8 Å². The molecule has 0 aliphatic heterocycles. The van der Waals surface area contributed by atoms with Gasteiger partial charge in [0.1, 0.15) is 0 Å². The fourth-order valence-corrected chi connectivity index (χ4v) is 3.13. The van der Waals surface area contributed by atoms with Gasteiger partial charge < -0.3 is 14.9 Å². The van der Waals surface area contributed by atoms with E-state index in [1.54, 1.807) is 16.8 Å². The Morgan fingerprint density at radius 2 is 1.47 bits per heavy atom. The number of hydrogen-bond donors (Lipinski definition) is 1. The fraction of sp³-hybridized carbons (Fsp3) is 0.833. The Hall–Kier alpha value is -1.54. The summed E-state index contributed by atoms with van der Waals surface area (Å²) in [5.41, 5.74) is -5.30. The number of hydrogen-bond acceptors (Lipinski definition) is 7. The maximum atomic E-state index is 12.1. The van der Waals surface area contributed by atoms with Crippen LogP contribution in [0.5, 0.6) is 0 Å². The normalized spacial score (nSPS) is 11.3. The number of carbonyl (C=O) groups excluding carboxylic acids is 2. The van der Waals surface area contributed by atoms with Crippen LogP contribution in [0.1, 0.15) is 46.0 Å². The molecule has 9 nitrogen and oxygen atoms in total. The highest BCUT2D eigenvalue weighted by Gasteiger charge is 2.46. The Kier molecular flexibility index (Phi) is 17.3. The predicted octanol–water partition coefficient (Wildman–Crippen LogP) is 2.56. The van der Waals surface area contributed by atoms with Gasteiger partial charge in [-0.3, -0.25) is 18.6 Å². The van der Waals surface area contributed by atoms with Crippen LogP contribution < -0.4 is 0 Å². The van der Waals surface area contributed by atoms with E-state index < -0.39 is 21.6 Å². The van der Waals surface area contributed by atoms with Crippen molar-refractivity contribution in [1.82, 2.24) is 9.80 Å². The Bertz CT molecular complexity index is 674. The number of halogens is 3. The van der Waals surface area contributed by atoms with E-state index in [2.05, 4.69) is 4.18 Å². The number of alkyl halides is 3.